The number of hydrogen-bond donors (Lipinski definition) is 1. The standard InChI is InChI=1S/C11H22N2OS/c1-11(2,3)9(12)8-10(14)13-4-6-15-7-5-13/h9H,4-8,12H2,1-3H3. The van der Waals surface area contributed by atoms with Gasteiger partial charge in [-0.15, -0.1) is 0 Å². The van der Waals surface area contributed by atoms with Gasteiger partial charge in [-0.3, -0.25) is 4.79 Å². The Kier molecular flexibility index (Phi) is 4.46. The number of thioether (sulfide) groups is 1. The maximum Gasteiger partial charge on any atom is 0.224 e. The number of hydrogen-bond acceptors (Lipinski definition) is 3. The second-order valence-corrected chi connectivity index (χ2v) is 6.39. The molecule has 1 amide bonds. The van der Waals surface area contributed by atoms with Crippen molar-refractivity contribution in [1.82, 2.24) is 4.90 Å². The predicted octanol–water partition coefficient (Wildman–Crippen LogP) is 1.33. The Morgan fingerprint density at radius 1 is 1.40 bits per heavy atom. The Bertz CT molecular complexity index is 219. The smallest absolute Gasteiger partial charge is 0.224 e. The van der Waals surface area contributed by atoms with Crippen molar-refractivity contribution in [2.45, 2.75) is 33.2 Å². The fraction of sp³-hybridized carbons (Fsp3) is 0.909. The zero-order valence-corrected chi connectivity index (χ0v) is 10.8. The van der Waals surface area contributed by atoms with Gasteiger partial charge in [0.15, 0.2) is 0 Å². The van der Waals surface area contributed by atoms with Crippen molar-refractivity contribution in [2.24, 2.45) is 11.1 Å². The number of nitrogens with zero attached hydrogens (tertiary/aromatic N) is 1. The summed E-state index contributed by atoms with van der Waals surface area (Å²) >= 11 is 1.92. The van der Waals surface area contributed by atoms with Crippen molar-refractivity contribution >= 4 is 17.7 Å². The van der Waals surface area contributed by atoms with Gasteiger partial charge in [-0.25, -0.2) is 0 Å². The Morgan fingerprint density at radius 3 is 2.40 bits per heavy atom. The van der Waals surface area contributed by atoms with Gasteiger partial charge in [0.2, 0.25) is 5.91 Å². The fourth-order valence-corrected chi connectivity index (χ4v) is 2.34. The van der Waals surface area contributed by atoms with Gasteiger partial charge >= 0.3 is 0 Å². The third-order valence-electron chi connectivity index (χ3n) is 2.87. The van der Waals surface area contributed by atoms with Crippen LogP contribution in [0.25, 0.3) is 0 Å². The number of nitrogens with two attached hydrogens (primary N) is 1. The summed E-state index contributed by atoms with van der Waals surface area (Å²) in [5.41, 5.74) is 6.02. The van der Waals surface area contributed by atoms with Crippen LogP contribution in [0.15, 0.2) is 0 Å². The molecule has 0 aromatic rings. The van der Waals surface area contributed by atoms with Crippen LogP contribution in [-0.2, 0) is 4.79 Å². The van der Waals surface area contributed by atoms with E-state index in [2.05, 4.69) is 20.8 Å². The SMILES string of the molecule is CC(C)(C)C(N)CC(=O)N1CCSCC1. The van der Waals surface area contributed by atoms with Gasteiger partial charge in [0.1, 0.15) is 0 Å². The highest BCUT2D eigenvalue weighted by Crippen LogP contribution is 2.21. The highest BCUT2D eigenvalue weighted by atomic mass is 32.2. The van der Waals surface area contributed by atoms with Crippen molar-refractivity contribution < 1.29 is 4.79 Å². The maximum atomic E-state index is 11.9. The molecule has 0 radical (unpaired) electrons. The van der Waals surface area contributed by atoms with E-state index in [0.29, 0.717) is 6.42 Å². The molecule has 0 spiro atoms. The second kappa shape index (κ2) is 5.21. The molecule has 3 nitrogen and oxygen atoms in total. The van der Waals surface area contributed by atoms with Crippen LogP contribution in [0.5, 0.6) is 0 Å². The van der Waals surface area contributed by atoms with Gasteiger partial charge in [-0.05, 0) is 5.41 Å². The molecule has 4 heteroatoms. The monoisotopic (exact) mass is 230 g/mol. The first-order valence-electron chi connectivity index (χ1n) is 5.52. The summed E-state index contributed by atoms with van der Waals surface area (Å²) in [5, 5.41) is 0. The topological polar surface area (TPSA) is 46.3 Å². The van der Waals surface area contributed by atoms with Crippen LogP contribution in [0.4, 0.5) is 0 Å². The first kappa shape index (κ1) is 12.8. The molecule has 0 aromatic heterocycles. The minimum absolute atomic E-state index is 0.0141. The van der Waals surface area contributed by atoms with Gasteiger partial charge < -0.3 is 10.6 Å². The van der Waals surface area contributed by atoms with Gasteiger partial charge in [0, 0.05) is 37.1 Å². The molecule has 0 saturated carbocycles. The number of carbonyl (C=O) groups is 1. The predicted molar refractivity (Wildman–Crippen MR) is 66.0 cm³/mol. The minimum atomic E-state index is -0.0421. The molecule has 1 fully saturated rings. The van der Waals surface area contributed by atoms with E-state index in [1.165, 1.54) is 0 Å². The summed E-state index contributed by atoms with van der Waals surface area (Å²) in [7, 11) is 0. The number of amides is 1. The molecule has 1 aliphatic rings. The zero-order valence-electron chi connectivity index (χ0n) is 9.95. The number of carbonyl (C=O) groups excluding carboxylic acids is 1. The lowest BCUT2D eigenvalue weighted by atomic mass is 9.85. The lowest BCUT2D eigenvalue weighted by Gasteiger charge is -2.31. The molecule has 0 aliphatic carbocycles. The summed E-state index contributed by atoms with van der Waals surface area (Å²) in [5.74, 6) is 2.35. The van der Waals surface area contributed by atoms with E-state index < -0.39 is 0 Å². The third-order valence-corrected chi connectivity index (χ3v) is 3.81. The van der Waals surface area contributed by atoms with Crippen molar-refractivity contribution in [2.75, 3.05) is 24.6 Å². The van der Waals surface area contributed by atoms with E-state index in [1.807, 2.05) is 16.7 Å². The zero-order chi connectivity index (χ0) is 11.5. The van der Waals surface area contributed by atoms with E-state index in [4.69, 9.17) is 5.73 Å². The van der Waals surface area contributed by atoms with Gasteiger partial charge in [-0.1, -0.05) is 20.8 Å². The maximum absolute atomic E-state index is 11.9. The van der Waals surface area contributed by atoms with Crippen LogP contribution >= 0.6 is 11.8 Å². The summed E-state index contributed by atoms with van der Waals surface area (Å²) in [6.45, 7) is 8.02. The molecule has 15 heavy (non-hydrogen) atoms. The lowest BCUT2D eigenvalue weighted by molar-refractivity contribution is -0.131. The van der Waals surface area contributed by atoms with Gasteiger partial charge in [-0.2, -0.15) is 11.8 Å². The lowest BCUT2D eigenvalue weighted by Crippen LogP contribution is -2.44. The quantitative estimate of drug-likeness (QED) is 0.778. The van der Waals surface area contributed by atoms with Crippen LogP contribution in [0.3, 0.4) is 0 Å². The van der Waals surface area contributed by atoms with Crippen LogP contribution in [0, 0.1) is 5.41 Å². The summed E-state index contributed by atoms with van der Waals surface area (Å²) in [6.07, 6.45) is 0.480. The molecule has 0 bridgehead atoms. The van der Waals surface area contributed by atoms with Crippen LogP contribution < -0.4 is 5.73 Å². The summed E-state index contributed by atoms with van der Waals surface area (Å²) in [4.78, 5) is 13.8. The molecule has 88 valence electrons. The fourth-order valence-electron chi connectivity index (χ4n) is 1.44. The third kappa shape index (κ3) is 4.03. The van der Waals surface area contributed by atoms with Crippen LogP contribution in [0.2, 0.25) is 0 Å². The van der Waals surface area contributed by atoms with E-state index in [0.717, 1.165) is 24.6 Å². The Morgan fingerprint density at radius 2 is 1.93 bits per heavy atom. The van der Waals surface area contributed by atoms with Crippen LogP contribution in [-0.4, -0.2) is 41.4 Å². The van der Waals surface area contributed by atoms with E-state index in [-0.39, 0.29) is 17.4 Å². The molecule has 1 atom stereocenters. The molecule has 2 N–H and O–H groups in total. The Labute approximate surface area is 96.8 Å². The van der Waals surface area contributed by atoms with Crippen molar-refractivity contribution in [1.29, 1.82) is 0 Å². The Hall–Kier alpha value is -0.220. The van der Waals surface area contributed by atoms with E-state index in [1.54, 1.807) is 0 Å². The molecule has 1 unspecified atom stereocenters. The van der Waals surface area contributed by atoms with Crippen molar-refractivity contribution in [3.8, 4) is 0 Å². The van der Waals surface area contributed by atoms with Gasteiger partial charge in [0.25, 0.3) is 0 Å². The molecule has 1 saturated heterocycles. The molecule has 1 heterocycles. The summed E-state index contributed by atoms with van der Waals surface area (Å²) in [6, 6.07) is -0.0421. The van der Waals surface area contributed by atoms with Crippen molar-refractivity contribution in [3.05, 3.63) is 0 Å². The van der Waals surface area contributed by atoms with E-state index in [9.17, 15) is 4.79 Å². The highest BCUT2D eigenvalue weighted by Gasteiger charge is 2.26. The highest BCUT2D eigenvalue weighted by molar-refractivity contribution is 7.99. The number of rotatable bonds is 2. The van der Waals surface area contributed by atoms with Crippen molar-refractivity contribution in [3.63, 3.8) is 0 Å². The average molecular weight is 230 g/mol. The van der Waals surface area contributed by atoms with Crippen LogP contribution in [0.1, 0.15) is 27.2 Å². The largest absolute Gasteiger partial charge is 0.341 e. The molecular formula is C11H22N2OS. The summed E-state index contributed by atoms with van der Waals surface area (Å²) < 4.78 is 0. The molecule has 1 aliphatic heterocycles. The first-order chi connectivity index (χ1) is 6.91. The minimum Gasteiger partial charge on any atom is -0.341 e. The molecule has 0 aromatic carbocycles. The first-order valence-corrected chi connectivity index (χ1v) is 6.68. The Balaban J connectivity index is 2.40. The van der Waals surface area contributed by atoms with E-state index >= 15 is 0 Å². The van der Waals surface area contributed by atoms with Gasteiger partial charge in [0.05, 0.1) is 0 Å². The average Bonchev–Trinajstić information content (AvgIpc) is 2.17. The normalized spacial score (nSPS) is 20.1. The second-order valence-electron chi connectivity index (χ2n) is 5.17. The molecular weight excluding hydrogens is 208 g/mol. The molecule has 1 rings (SSSR count).